The number of aliphatic hydroxyl groups is 2. The summed E-state index contributed by atoms with van der Waals surface area (Å²) < 4.78 is 13.1. The van der Waals surface area contributed by atoms with Crippen LogP contribution in [0.25, 0.3) is 0 Å². The van der Waals surface area contributed by atoms with Crippen LogP contribution in [-0.4, -0.2) is 15.8 Å². The third-order valence-electron chi connectivity index (χ3n) is 3.27. The minimum absolute atomic E-state index is 0.394. The topological polar surface area (TPSA) is 40.5 Å². The zero-order chi connectivity index (χ0) is 12.3. The third kappa shape index (κ3) is 2.42. The molecule has 0 radical (unpaired) electrons. The number of hydrogen-bond acceptors (Lipinski definition) is 2. The molecule has 2 N–H and O–H groups in total. The molecule has 0 fully saturated rings. The molecule has 0 bridgehead atoms. The first-order valence-corrected chi connectivity index (χ1v) is 5.61. The maximum atomic E-state index is 13.1. The van der Waals surface area contributed by atoms with Crippen molar-refractivity contribution in [3.8, 4) is 0 Å². The van der Waals surface area contributed by atoms with Gasteiger partial charge in [-0.2, -0.15) is 0 Å². The predicted octanol–water partition coefficient (Wildman–Crippen LogP) is 2.72. The number of hydrogen-bond donors (Lipinski definition) is 2. The number of benzene rings is 1. The summed E-state index contributed by atoms with van der Waals surface area (Å²) in [6.07, 6.45) is -0.181. The van der Waals surface area contributed by atoms with E-state index in [1.807, 2.05) is 0 Å². The lowest BCUT2D eigenvalue weighted by molar-refractivity contribution is -0.0824. The summed E-state index contributed by atoms with van der Waals surface area (Å²) in [6.45, 7) is 5.41. The number of aryl methyl sites for hydroxylation is 1. The molecule has 1 atom stereocenters. The molecule has 90 valence electrons. The Morgan fingerprint density at radius 2 is 1.88 bits per heavy atom. The molecule has 0 aliphatic rings. The second-order valence-electron chi connectivity index (χ2n) is 4.21. The average Bonchev–Trinajstić information content (AvgIpc) is 2.30. The fraction of sp³-hybridized carbons (Fsp3) is 0.538. The van der Waals surface area contributed by atoms with Crippen molar-refractivity contribution >= 4 is 0 Å². The smallest absolute Gasteiger partial charge is 0.123 e. The molecular formula is C13H19FO2. The van der Waals surface area contributed by atoms with Crippen LogP contribution in [0.5, 0.6) is 0 Å². The van der Waals surface area contributed by atoms with Gasteiger partial charge in [-0.05, 0) is 43.0 Å². The summed E-state index contributed by atoms with van der Waals surface area (Å²) in [7, 11) is 0. The first kappa shape index (κ1) is 13.1. The third-order valence-corrected chi connectivity index (χ3v) is 3.27. The highest BCUT2D eigenvalue weighted by atomic mass is 19.1. The van der Waals surface area contributed by atoms with Crippen molar-refractivity contribution in [1.82, 2.24) is 0 Å². The van der Waals surface area contributed by atoms with Crippen LogP contribution in [0.15, 0.2) is 18.2 Å². The van der Waals surface area contributed by atoms with Gasteiger partial charge in [-0.1, -0.05) is 19.9 Å². The maximum Gasteiger partial charge on any atom is 0.123 e. The molecule has 0 aromatic heterocycles. The molecule has 0 aliphatic carbocycles. The molecule has 1 rings (SSSR count). The first-order valence-electron chi connectivity index (χ1n) is 5.61. The van der Waals surface area contributed by atoms with Crippen LogP contribution in [0.1, 0.15) is 43.9 Å². The van der Waals surface area contributed by atoms with E-state index in [1.165, 1.54) is 12.1 Å². The molecule has 16 heavy (non-hydrogen) atoms. The Morgan fingerprint density at radius 1 is 1.31 bits per heavy atom. The van der Waals surface area contributed by atoms with E-state index in [-0.39, 0.29) is 0 Å². The second-order valence-corrected chi connectivity index (χ2v) is 4.21. The van der Waals surface area contributed by atoms with Crippen molar-refractivity contribution in [3.05, 3.63) is 35.1 Å². The molecule has 0 amide bonds. The van der Waals surface area contributed by atoms with Crippen LogP contribution in [0.3, 0.4) is 0 Å². The molecule has 0 saturated carbocycles. The molecule has 0 saturated heterocycles. The van der Waals surface area contributed by atoms with Gasteiger partial charge in [0.05, 0.1) is 5.60 Å². The standard InChI is InChI=1S/C13H19FO2/c1-4-13(16,5-2)12(15)11-8-10(14)7-6-9(11)3/h6-8,12,15-16H,4-5H2,1-3H3. The lowest BCUT2D eigenvalue weighted by Crippen LogP contribution is -2.35. The van der Waals surface area contributed by atoms with Crippen LogP contribution in [0.2, 0.25) is 0 Å². The van der Waals surface area contributed by atoms with Crippen molar-refractivity contribution in [1.29, 1.82) is 0 Å². The lowest BCUT2D eigenvalue weighted by atomic mass is 9.85. The van der Waals surface area contributed by atoms with E-state index >= 15 is 0 Å². The van der Waals surface area contributed by atoms with E-state index in [9.17, 15) is 14.6 Å². The molecule has 1 aromatic rings. The zero-order valence-electron chi connectivity index (χ0n) is 10.00. The van der Waals surface area contributed by atoms with Crippen LogP contribution < -0.4 is 0 Å². The summed E-state index contributed by atoms with van der Waals surface area (Å²) in [5, 5.41) is 20.3. The average molecular weight is 226 g/mol. The van der Waals surface area contributed by atoms with Gasteiger partial charge < -0.3 is 10.2 Å². The highest BCUT2D eigenvalue weighted by molar-refractivity contribution is 5.30. The molecule has 0 heterocycles. The molecule has 3 heteroatoms. The Morgan fingerprint density at radius 3 is 2.38 bits per heavy atom. The minimum atomic E-state index is -1.18. The van der Waals surface area contributed by atoms with Gasteiger partial charge in [0.1, 0.15) is 11.9 Å². The highest BCUT2D eigenvalue weighted by Crippen LogP contribution is 2.33. The van der Waals surface area contributed by atoms with Crippen molar-refractivity contribution < 1.29 is 14.6 Å². The van der Waals surface area contributed by atoms with Crippen LogP contribution in [0.4, 0.5) is 4.39 Å². The Hall–Kier alpha value is -0.930. The van der Waals surface area contributed by atoms with Gasteiger partial charge in [0.25, 0.3) is 0 Å². The maximum absolute atomic E-state index is 13.1. The van der Waals surface area contributed by atoms with E-state index in [1.54, 1.807) is 26.8 Å². The molecule has 1 unspecified atom stereocenters. The van der Waals surface area contributed by atoms with Crippen molar-refractivity contribution in [2.24, 2.45) is 0 Å². The Labute approximate surface area is 95.7 Å². The normalized spacial score (nSPS) is 13.9. The van der Waals surface area contributed by atoms with Gasteiger partial charge in [0, 0.05) is 0 Å². The van der Waals surface area contributed by atoms with Crippen LogP contribution in [-0.2, 0) is 0 Å². The monoisotopic (exact) mass is 226 g/mol. The Kier molecular flexibility index (Phi) is 4.05. The van der Waals surface area contributed by atoms with E-state index in [2.05, 4.69) is 0 Å². The van der Waals surface area contributed by atoms with Gasteiger partial charge >= 0.3 is 0 Å². The van der Waals surface area contributed by atoms with Crippen molar-refractivity contribution in [2.75, 3.05) is 0 Å². The number of rotatable bonds is 4. The Balaban J connectivity index is 3.12. The summed E-state index contributed by atoms with van der Waals surface area (Å²) in [4.78, 5) is 0. The minimum Gasteiger partial charge on any atom is -0.387 e. The summed E-state index contributed by atoms with van der Waals surface area (Å²) in [6, 6.07) is 4.25. The second kappa shape index (κ2) is 4.93. The fourth-order valence-electron chi connectivity index (χ4n) is 1.83. The van der Waals surface area contributed by atoms with E-state index in [0.717, 1.165) is 5.56 Å². The highest BCUT2D eigenvalue weighted by Gasteiger charge is 2.33. The van der Waals surface area contributed by atoms with Crippen LogP contribution in [0, 0.1) is 12.7 Å². The van der Waals surface area contributed by atoms with Gasteiger partial charge in [-0.15, -0.1) is 0 Å². The molecule has 1 aromatic carbocycles. The summed E-state index contributed by atoms with van der Waals surface area (Å²) in [5.41, 5.74) is 0.0684. The summed E-state index contributed by atoms with van der Waals surface area (Å²) in [5.74, 6) is -0.394. The number of aliphatic hydroxyl groups excluding tert-OH is 1. The quantitative estimate of drug-likeness (QED) is 0.828. The van der Waals surface area contributed by atoms with Crippen molar-refractivity contribution in [2.45, 2.75) is 45.3 Å². The fourth-order valence-corrected chi connectivity index (χ4v) is 1.83. The molecule has 2 nitrogen and oxygen atoms in total. The van der Waals surface area contributed by atoms with E-state index < -0.39 is 17.5 Å². The molecular weight excluding hydrogens is 207 g/mol. The first-order chi connectivity index (χ1) is 7.44. The summed E-state index contributed by atoms with van der Waals surface area (Å²) >= 11 is 0. The van der Waals surface area contributed by atoms with Gasteiger partial charge in [0.15, 0.2) is 0 Å². The Bertz CT molecular complexity index is 359. The van der Waals surface area contributed by atoms with Crippen LogP contribution >= 0.6 is 0 Å². The largest absolute Gasteiger partial charge is 0.387 e. The lowest BCUT2D eigenvalue weighted by Gasteiger charge is -2.32. The molecule has 0 spiro atoms. The predicted molar refractivity (Wildman–Crippen MR) is 61.6 cm³/mol. The number of halogens is 1. The van der Waals surface area contributed by atoms with Crippen molar-refractivity contribution in [3.63, 3.8) is 0 Å². The van der Waals surface area contributed by atoms with Gasteiger partial charge in [-0.25, -0.2) is 4.39 Å². The van der Waals surface area contributed by atoms with E-state index in [4.69, 9.17) is 0 Å². The SMILES string of the molecule is CCC(O)(CC)C(O)c1cc(F)ccc1C. The van der Waals surface area contributed by atoms with Gasteiger partial charge in [-0.3, -0.25) is 0 Å². The van der Waals surface area contributed by atoms with Gasteiger partial charge in [0.2, 0.25) is 0 Å². The zero-order valence-corrected chi connectivity index (χ0v) is 10.00. The van der Waals surface area contributed by atoms with E-state index in [0.29, 0.717) is 18.4 Å². The molecule has 0 aliphatic heterocycles.